The summed E-state index contributed by atoms with van der Waals surface area (Å²) in [6.07, 6.45) is 2.84. The van der Waals surface area contributed by atoms with Crippen molar-refractivity contribution in [3.63, 3.8) is 0 Å². The minimum Gasteiger partial charge on any atom is -0.274 e. The van der Waals surface area contributed by atoms with Crippen molar-refractivity contribution < 1.29 is 14.0 Å². The summed E-state index contributed by atoms with van der Waals surface area (Å²) in [6, 6.07) is 4.21. The van der Waals surface area contributed by atoms with E-state index in [4.69, 9.17) is 11.6 Å². The van der Waals surface area contributed by atoms with Crippen molar-refractivity contribution in [1.82, 2.24) is 5.06 Å². The highest BCUT2D eigenvalue weighted by Crippen LogP contribution is 2.16. The summed E-state index contributed by atoms with van der Waals surface area (Å²) in [5.41, 5.74) is 0.643. The van der Waals surface area contributed by atoms with Gasteiger partial charge in [0.15, 0.2) is 0 Å². The molecule has 0 atom stereocenters. The molecule has 0 aliphatic carbocycles. The van der Waals surface area contributed by atoms with E-state index >= 15 is 0 Å². The van der Waals surface area contributed by atoms with Crippen LogP contribution in [0.15, 0.2) is 24.3 Å². The zero-order valence-corrected chi connectivity index (χ0v) is 9.66. The van der Waals surface area contributed by atoms with Gasteiger partial charge in [0.1, 0.15) is 5.82 Å². The first-order chi connectivity index (χ1) is 7.54. The van der Waals surface area contributed by atoms with Crippen LogP contribution in [0.4, 0.5) is 4.39 Å². The third kappa shape index (κ3) is 3.32. The monoisotopic (exact) mass is 243 g/mol. The summed E-state index contributed by atoms with van der Waals surface area (Å²) in [4.78, 5) is 16.0. The second-order valence-electron chi connectivity index (χ2n) is 3.03. The number of nitrogens with zero attached hydrogens (tertiary/aromatic N) is 1. The van der Waals surface area contributed by atoms with E-state index < -0.39 is 5.82 Å². The highest BCUT2D eigenvalue weighted by molar-refractivity contribution is 6.30. The first kappa shape index (κ1) is 12.7. The van der Waals surface area contributed by atoms with Crippen molar-refractivity contribution in [3.05, 3.63) is 40.7 Å². The SMILES string of the molecule is CON(C)C(=O)C=Cc1ccc(F)c(Cl)c1. The van der Waals surface area contributed by atoms with E-state index in [1.165, 1.54) is 44.5 Å². The lowest BCUT2D eigenvalue weighted by Crippen LogP contribution is -2.22. The molecule has 0 N–H and O–H groups in total. The van der Waals surface area contributed by atoms with Gasteiger partial charge < -0.3 is 0 Å². The van der Waals surface area contributed by atoms with Crippen molar-refractivity contribution >= 4 is 23.6 Å². The summed E-state index contributed by atoms with van der Waals surface area (Å²) in [6.45, 7) is 0. The van der Waals surface area contributed by atoms with Crippen LogP contribution in [0.3, 0.4) is 0 Å². The second kappa shape index (κ2) is 5.63. The normalized spacial score (nSPS) is 10.8. The number of halogens is 2. The van der Waals surface area contributed by atoms with Crippen LogP contribution in [0.25, 0.3) is 6.08 Å². The Morgan fingerprint density at radius 2 is 2.25 bits per heavy atom. The van der Waals surface area contributed by atoms with Gasteiger partial charge in [-0.3, -0.25) is 9.63 Å². The molecule has 1 rings (SSSR count). The number of carbonyl (C=O) groups is 1. The van der Waals surface area contributed by atoms with Crippen molar-refractivity contribution in [1.29, 1.82) is 0 Å². The molecule has 16 heavy (non-hydrogen) atoms. The van der Waals surface area contributed by atoms with Crippen LogP contribution in [-0.4, -0.2) is 25.1 Å². The Morgan fingerprint density at radius 3 is 2.81 bits per heavy atom. The zero-order chi connectivity index (χ0) is 12.1. The molecule has 0 aliphatic rings. The van der Waals surface area contributed by atoms with Gasteiger partial charge in [-0.25, -0.2) is 9.45 Å². The quantitative estimate of drug-likeness (QED) is 0.603. The summed E-state index contributed by atoms with van der Waals surface area (Å²) in [5, 5.41) is 1.09. The van der Waals surface area contributed by atoms with Crippen LogP contribution >= 0.6 is 11.6 Å². The molecule has 0 bridgehead atoms. The van der Waals surface area contributed by atoms with Gasteiger partial charge in [-0.1, -0.05) is 17.7 Å². The third-order valence-electron chi connectivity index (χ3n) is 1.95. The maximum atomic E-state index is 12.8. The third-order valence-corrected chi connectivity index (χ3v) is 2.24. The Hall–Kier alpha value is -1.39. The average Bonchev–Trinajstić information content (AvgIpc) is 2.29. The number of likely N-dealkylation sites (N-methyl/N-ethyl adjacent to an activating group) is 1. The Morgan fingerprint density at radius 1 is 1.56 bits per heavy atom. The lowest BCUT2D eigenvalue weighted by molar-refractivity contribution is -0.162. The molecule has 1 amide bonds. The highest BCUT2D eigenvalue weighted by Gasteiger charge is 2.03. The van der Waals surface area contributed by atoms with Gasteiger partial charge in [0.2, 0.25) is 0 Å². The first-order valence-corrected chi connectivity index (χ1v) is 4.87. The van der Waals surface area contributed by atoms with E-state index in [2.05, 4.69) is 4.84 Å². The van der Waals surface area contributed by atoms with Crippen LogP contribution in [0.1, 0.15) is 5.56 Å². The van der Waals surface area contributed by atoms with E-state index in [-0.39, 0.29) is 10.9 Å². The summed E-state index contributed by atoms with van der Waals surface area (Å²) >= 11 is 5.59. The van der Waals surface area contributed by atoms with Crippen molar-refractivity contribution in [2.45, 2.75) is 0 Å². The maximum Gasteiger partial charge on any atom is 0.269 e. The Bertz CT molecular complexity index is 420. The van der Waals surface area contributed by atoms with Gasteiger partial charge in [0.05, 0.1) is 12.1 Å². The van der Waals surface area contributed by atoms with E-state index in [0.717, 1.165) is 5.06 Å². The smallest absolute Gasteiger partial charge is 0.269 e. The van der Waals surface area contributed by atoms with Crippen molar-refractivity contribution in [2.24, 2.45) is 0 Å². The van der Waals surface area contributed by atoms with Gasteiger partial charge in [-0.05, 0) is 23.8 Å². The first-order valence-electron chi connectivity index (χ1n) is 4.49. The molecular weight excluding hydrogens is 233 g/mol. The van der Waals surface area contributed by atoms with Gasteiger partial charge in [-0.15, -0.1) is 0 Å². The molecule has 0 heterocycles. The molecule has 1 aromatic carbocycles. The fourth-order valence-electron chi connectivity index (χ4n) is 0.979. The largest absolute Gasteiger partial charge is 0.274 e. The van der Waals surface area contributed by atoms with Crippen LogP contribution in [-0.2, 0) is 9.63 Å². The Kier molecular flexibility index (Phi) is 4.46. The number of carbonyl (C=O) groups excluding carboxylic acids is 1. The number of hydroxylamine groups is 2. The van der Waals surface area contributed by atoms with Gasteiger partial charge >= 0.3 is 0 Å². The number of benzene rings is 1. The van der Waals surface area contributed by atoms with Crippen molar-refractivity contribution in [3.8, 4) is 0 Å². The van der Waals surface area contributed by atoms with Crippen LogP contribution in [0, 0.1) is 5.82 Å². The topological polar surface area (TPSA) is 29.5 Å². The minimum absolute atomic E-state index is 0.0229. The van der Waals surface area contributed by atoms with E-state index in [9.17, 15) is 9.18 Å². The van der Waals surface area contributed by atoms with Crippen LogP contribution < -0.4 is 0 Å². The predicted molar refractivity (Wildman–Crippen MR) is 60.2 cm³/mol. The average molecular weight is 244 g/mol. The van der Waals surface area contributed by atoms with E-state index in [1.807, 2.05) is 0 Å². The second-order valence-corrected chi connectivity index (χ2v) is 3.43. The molecule has 0 fully saturated rings. The fourth-order valence-corrected chi connectivity index (χ4v) is 1.17. The standard InChI is InChI=1S/C11H11ClFNO2/c1-14(16-2)11(15)6-4-8-3-5-10(13)9(12)7-8/h3-7H,1-2H3. The van der Waals surface area contributed by atoms with Gasteiger partial charge in [0.25, 0.3) is 5.91 Å². The Balaban J connectivity index is 2.77. The van der Waals surface area contributed by atoms with Gasteiger partial charge in [-0.2, -0.15) is 0 Å². The predicted octanol–water partition coefficient (Wildman–Crippen LogP) is 2.51. The number of amides is 1. The summed E-state index contributed by atoms with van der Waals surface area (Å²) < 4.78 is 12.8. The highest BCUT2D eigenvalue weighted by atomic mass is 35.5. The molecule has 0 saturated heterocycles. The molecule has 0 unspecified atom stereocenters. The maximum absolute atomic E-state index is 12.8. The molecule has 0 saturated carbocycles. The van der Waals surface area contributed by atoms with E-state index in [0.29, 0.717) is 5.56 Å². The van der Waals surface area contributed by atoms with Crippen molar-refractivity contribution in [2.75, 3.05) is 14.2 Å². The molecule has 0 spiro atoms. The van der Waals surface area contributed by atoms with Gasteiger partial charge in [0, 0.05) is 13.1 Å². The molecule has 0 radical (unpaired) electrons. The molecule has 1 aromatic rings. The number of hydrogen-bond acceptors (Lipinski definition) is 2. The molecule has 0 aromatic heterocycles. The fraction of sp³-hybridized carbons (Fsp3) is 0.182. The lowest BCUT2D eigenvalue weighted by atomic mass is 10.2. The summed E-state index contributed by atoms with van der Waals surface area (Å²) in [7, 11) is 2.88. The molecule has 0 aliphatic heterocycles. The molecule has 3 nitrogen and oxygen atoms in total. The number of rotatable bonds is 3. The Labute approximate surface area is 98.0 Å². The zero-order valence-electron chi connectivity index (χ0n) is 8.91. The minimum atomic E-state index is -0.487. The molecule has 86 valence electrons. The molecule has 5 heteroatoms. The van der Waals surface area contributed by atoms with Crippen LogP contribution in [0.2, 0.25) is 5.02 Å². The number of hydrogen-bond donors (Lipinski definition) is 0. The lowest BCUT2D eigenvalue weighted by Gasteiger charge is -2.09. The molecular formula is C11H11ClFNO2. The summed E-state index contributed by atoms with van der Waals surface area (Å²) in [5.74, 6) is -0.804. The van der Waals surface area contributed by atoms with E-state index in [1.54, 1.807) is 0 Å². The van der Waals surface area contributed by atoms with Crippen LogP contribution in [0.5, 0.6) is 0 Å².